The zero-order valence-corrected chi connectivity index (χ0v) is 21.4. The molecule has 1 amide bonds. The van der Waals surface area contributed by atoms with Crippen LogP contribution in [0.1, 0.15) is 53.1 Å². The fourth-order valence-corrected chi connectivity index (χ4v) is 4.13. The second-order valence-electron chi connectivity index (χ2n) is 9.15. The Labute approximate surface area is 205 Å². The number of nitro groups is 1. The van der Waals surface area contributed by atoms with Crippen LogP contribution in [0.4, 0.5) is 10.5 Å². The molecule has 0 bridgehead atoms. The molecule has 0 heterocycles. The minimum atomic E-state index is -4.27. The van der Waals surface area contributed by atoms with Crippen LogP contribution in [0.25, 0.3) is 0 Å². The Morgan fingerprint density at radius 2 is 1.60 bits per heavy atom. The molecule has 10 nitrogen and oxygen atoms in total. The van der Waals surface area contributed by atoms with E-state index in [0.29, 0.717) is 5.56 Å². The summed E-state index contributed by atoms with van der Waals surface area (Å²) in [4.78, 5) is 22.6. The van der Waals surface area contributed by atoms with Gasteiger partial charge < -0.3 is 14.8 Å². The topological polar surface area (TPSA) is 137 Å². The fourth-order valence-electron chi connectivity index (χ4n) is 3.10. The second kappa shape index (κ2) is 11.3. The summed E-state index contributed by atoms with van der Waals surface area (Å²) in [6.07, 6.45) is -1.10. The summed E-state index contributed by atoms with van der Waals surface area (Å²) in [7, 11) is -4.27. The Hall–Kier alpha value is -3.47. The summed E-state index contributed by atoms with van der Waals surface area (Å²) in [5.74, 6) is -0.844. The molecule has 0 aliphatic carbocycles. The Balaban J connectivity index is 2.50. The highest BCUT2D eigenvalue weighted by molar-refractivity contribution is 7.90. The van der Waals surface area contributed by atoms with E-state index in [1.807, 2.05) is 6.07 Å². The van der Waals surface area contributed by atoms with Crippen LogP contribution >= 0.6 is 0 Å². The van der Waals surface area contributed by atoms with Crippen molar-refractivity contribution in [2.24, 2.45) is 10.3 Å². The van der Waals surface area contributed by atoms with E-state index in [9.17, 15) is 23.3 Å². The molecule has 0 unspecified atom stereocenters. The van der Waals surface area contributed by atoms with E-state index >= 15 is 0 Å². The van der Waals surface area contributed by atoms with Gasteiger partial charge in [-0.2, -0.15) is 8.42 Å². The van der Waals surface area contributed by atoms with Crippen molar-refractivity contribution in [3.63, 3.8) is 0 Å². The van der Waals surface area contributed by atoms with Gasteiger partial charge in [-0.05, 0) is 52.3 Å². The molecule has 0 aliphatic heterocycles. The smallest absolute Gasteiger partial charge is 0.408 e. The minimum absolute atomic E-state index is 0.122. The predicted molar refractivity (Wildman–Crippen MR) is 132 cm³/mol. The number of ether oxygens (including phenoxy) is 2. The van der Waals surface area contributed by atoms with Gasteiger partial charge in [0.1, 0.15) is 5.60 Å². The van der Waals surface area contributed by atoms with Crippen LogP contribution in [0.2, 0.25) is 0 Å². The third-order valence-corrected chi connectivity index (χ3v) is 5.92. The number of rotatable bonds is 8. The number of amides is 1. The van der Waals surface area contributed by atoms with E-state index in [-0.39, 0.29) is 16.5 Å². The summed E-state index contributed by atoms with van der Waals surface area (Å²) in [6.45, 7) is 10.3. The summed E-state index contributed by atoms with van der Waals surface area (Å²) >= 11 is 0. The summed E-state index contributed by atoms with van der Waals surface area (Å²) in [6, 6.07) is 12.7. The van der Waals surface area contributed by atoms with Gasteiger partial charge in [0, 0.05) is 12.1 Å². The number of sulfonamides is 1. The van der Waals surface area contributed by atoms with Crippen molar-refractivity contribution in [3.05, 3.63) is 70.3 Å². The molecular formula is C24H31N3O7S. The summed E-state index contributed by atoms with van der Waals surface area (Å²) in [5, 5.41) is 13.7. The van der Waals surface area contributed by atoms with E-state index in [4.69, 9.17) is 9.47 Å². The summed E-state index contributed by atoms with van der Waals surface area (Å²) in [5.41, 5.74) is -0.289. The Morgan fingerprint density at radius 1 is 1.03 bits per heavy atom. The van der Waals surface area contributed by atoms with Gasteiger partial charge in [-0.3, -0.25) is 10.1 Å². The predicted octanol–water partition coefficient (Wildman–Crippen LogP) is 5.01. The molecular weight excluding hydrogens is 474 g/mol. The first kappa shape index (κ1) is 27.8. The molecule has 0 aromatic heterocycles. The van der Waals surface area contributed by atoms with Gasteiger partial charge in [0.25, 0.3) is 15.7 Å². The minimum Gasteiger partial charge on any atom is -0.477 e. The van der Waals surface area contributed by atoms with Crippen molar-refractivity contribution in [3.8, 4) is 0 Å². The van der Waals surface area contributed by atoms with Crippen LogP contribution in [0, 0.1) is 16.0 Å². The number of nitrogens with one attached hydrogen (secondary N) is 1. The van der Waals surface area contributed by atoms with Crippen LogP contribution in [-0.2, 0) is 19.5 Å². The molecule has 1 N–H and O–H groups in total. The molecule has 0 fully saturated rings. The van der Waals surface area contributed by atoms with Gasteiger partial charge in [-0.1, -0.05) is 37.3 Å². The third kappa shape index (κ3) is 8.36. The maximum Gasteiger partial charge on any atom is 0.408 e. The number of non-ortho nitro benzene ring substituents is 1. The molecule has 0 spiro atoms. The van der Waals surface area contributed by atoms with Crippen molar-refractivity contribution in [2.75, 3.05) is 0 Å². The van der Waals surface area contributed by atoms with Crippen LogP contribution in [0.15, 0.2) is 63.9 Å². The zero-order valence-electron chi connectivity index (χ0n) is 20.6. The highest BCUT2D eigenvalue weighted by Crippen LogP contribution is 2.27. The van der Waals surface area contributed by atoms with E-state index in [1.54, 1.807) is 65.8 Å². The maximum absolute atomic E-state index is 13.0. The number of benzene rings is 2. The SMILES string of the molecule is CC(C)O/C(=N/S(=O)(=O)c1ccc([N+](=O)[O-])cc1)[C@H](C)[C@H](NC(=O)OC(C)(C)C)c1ccccc1. The maximum atomic E-state index is 13.0. The first-order chi connectivity index (χ1) is 16.2. The van der Waals surface area contributed by atoms with Crippen LogP contribution in [0.3, 0.4) is 0 Å². The van der Waals surface area contributed by atoms with Crippen LogP contribution in [0.5, 0.6) is 0 Å². The standard InChI is InChI=1S/C24H31N3O7S/c1-16(2)33-22(26-35(31,32)20-14-12-19(13-15-20)27(29)30)17(3)21(18-10-8-7-9-11-18)25-23(28)34-24(4,5)6/h7-17,21H,1-6H3,(H,25,28)/b26-22+/t17-,21+/m1/s1. The monoisotopic (exact) mass is 505 g/mol. The molecule has 2 aromatic carbocycles. The molecule has 35 heavy (non-hydrogen) atoms. The summed E-state index contributed by atoms with van der Waals surface area (Å²) < 4.78 is 41.2. The third-order valence-electron chi connectivity index (χ3n) is 4.63. The molecule has 0 radical (unpaired) electrons. The van der Waals surface area contributed by atoms with E-state index in [2.05, 4.69) is 9.71 Å². The Morgan fingerprint density at radius 3 is 2.09 bits per heavy atom. The molecule has 0 saturated carbocycles. The average molecular weight is 506 g/mol. The number of hydrogen-bond donors (Lipinski definition) is 1. The number of alkyl carbamates (subject to hydrolysis) is 1. The molecule has 0 aliphatic rings. The lowest BCUT2D eigenvalue weighted by Crippen LogP contribution is -2.40. The van der Waals surface area contributed by atoms with E-state index in [0.717, 1.165) is 24.3 Å². The van der Waals surface area contributed by atoms with E-state index in [1.165, 1.54) is 0 Å². The van der Waals surface area contributed by atoms with Crippen molar-refractivity contribution in [1.82, 2.24) is 5.32 Å². The Bertz CT molecular complexity index is 1160. The van der Waals surface area contributed by atoms with Crippen LogP contribution in [-0.4, -0.2) is 37.0 Å². The largest absolute Gasteiger partial charge is 0.477 e. The lowest BCUT2D eigenvalue weighted by atomic mass is 9.94. The van der Waals surface area contributed by atoms with Crippen molar-refractivity contribution in [2.45, 2.75) is 64.2 Å². The van der Waals surface area contributed by atoms with Gasteiger partial charge in [-0.15, -0.1) is 4.40 Å². The fraction of sp³-hybridized carbons (Fsp3) is 0.417. The lowest BCUT2D eigenvalue weighted by Gasteiger charge is -2.29. The first-order valence-corrected chi connectivity index (χ1v) is 12.4. The van der Waals surface area contributed by atoms with Gasteiger partial charge in [0.2, 0.25) is 5.90 Å². The number of carbonyl (C=O) groups excluding carboxylic acids is 1. The zero-order chi connectivity index (χ0) is 26.4. The molecule has 2 aromatic rings. The highest BCUT2D eigenvalue weighted by atomic mass is 32.2. The number of nitrogens with zero attached hydrogens (tertiary/aromatic N) is 2. The average Bonchev–Trinajstić information content (AvgIpc) is 2.75. The van der Waals surface area contributed by atoms with Crippen molar-refractivity contribution < 1.29 is 27.6 Å². The normalized spacial score (nSPS) is 14.2. The molecule has 11 heteroatoms. The van der Waals surface area contributed by atoms with Crippen molar-refractivity contribution >= 4 is 27.7 Å². The number of hydrogen-bond acceptors (Lipinski definition) is 7. The first-order valence-electron chi connectivity index (χ1n) is 11.0. The van der Waals surface area contributed by atoms with Gasteiger partial charge in [-0.25, -0.2) is 4.79 Å². The molecule has 190 valence electrons. The van der Waals surface area contributed by atoms with Gasteiger partial charge >= 0.3 is 6.09 Å². The quantitative estimate of drug-likeness (QED) is 0.230. The number of nitro benzene ring substituents is 1. The van der Waals surface area contributed by atoms with Crippen molar-refractivity contribution in [1.29, 1.82) is 0 Å². The lowest BCUT2D eigenvalue weighted by molar-refractivity contribution is -0.384. The van der Waals surface area contributed by atoms with Crippen LogP contribution < -0.4 is 5.32 Å². The van der Waals surface area contributed by atoms with Gasteiger partial charge in [0.05, 0.1) is 27.9 Å². The molecule has 2 rings (SSSR count). The second-order valence-corrected chi connectivity index (χ2v) is 10.7. The molecule has 2 atom stereocenters. The highest BCUT2D eigenvalue weighted by Gasteiger charge is 2.31. The Kier molecular flexibility index (Phi) is 8.97. The van der Waals surface area contributed by atoms with E-state index < -0.39 is 44.7 Å². The molecule has 0 saturated heterocycles. The number of carbonyl (C=O) groups is 1. The van der Waals surface area contributed by atoms with Gasteiger partial charge in [0.15, 0.2) is 0 Å².